The van der Waals surface area contributed by atoms with Crippen molar-refractivity contribution in [2.45, 2.75) is 158 Å². The monoisotopic (exact) mass is 1080 g/mol. The van der Waals surface area contributed by atoms with Gasteiger partial charge in [0.1, 0.15) is 11.4 Å². The fourth-order valence-corrected chi connectivity index (χ4v) is 12.9. The molecule has 4 unspecified atom stereocenters. The molecule has 0 aliphatic carbocycles. The van der Waals surface area contributed by atoms with Gasteiger partial charge in [0.25, 0.3) is 0 Å². The predicted octanol–water partition coefficient (Wildman–Crippen LogP) is 9.18. The molecule has 8 rings (SSSR count). The number of anilines is 2. The van der Waals surface area contributed by atoms with Crippen LogP contribution in [0.3, 0.4) is 0 Å². The number of nitrogens with one attached hydrogen (secondary N) is 2. The van der Waals surface area contributed by atoms with Crippen molar-refractivity contribution in [2.24, 2.45) is 31.0 Å². The van der Waals surface area contributed by atoms with Crippen LogP contribution in [-0.2, 0) is 20.0 Å². The van der Waals surface area contributed by atoms with Gasteiger partial charge in [-0.15, -0.1) is 19.8 Å². The summed E-state index contributed by atoms with van der Waals surface area (Å²) in [6.07, 6.45) is 4.31. The van der Waals surface area contributed by atoms with Crippen molar-refractivity contribution in [3.63, 3.8) is 0 Å². The second-order valence-electron chi connectivity index (χ2n) is 24.9. The molecule has 0 saturated heterocycles. The van der Waals surface area contributed by atoms with Gasteiger partial charge in [0.05, 0.1) is 35.3 Å². The van der Waals surface area contributed by atoms with Crippen molar-refractivity contribution >= 4 is 77.4 Å². The van der Waals surface area contributed by atoms with Crippen LogP contribution in [0.4, 0.5) is 22.7 Å². The highest BCUT2D eigenvalue weighted by atomic mass is 32.2. The summed E-state index contributed by atoms with van der Waals surface area (Å²) >= 11 is 2.01. The van der Waals surface area contributed by atoms with Gasteiger partial charge in [-0.25, -0.2) is 46.2 Å². The molecule has 2 aromatic heterocycles. The molecule has 0 spiro atoms. The zero-order chi connectivity index (χ0) is 55.1. The fourth-order valence-electron chi connectivity index (χ4n) is 10.9. The highest BCUT2D eigenvalue weighted by Crippen LogP contribution is 2.48. The maximum absolute atomic E-state index is 11.8. The van der Waals surface area contributed by atoms with Crippen molar-refractivity contribution in [3.8, 4) is 0 Å². The Hall–Kier alpha value is -4.83. The number of rotatable bonds is 16. The lowest BCUT2D eigenvalue weighted by Gasteiger charge is -2.48. The Bertz CT molecular complexity index is 3030. The van der Waals surface area contributed by atoms with Gasteiger partial charge in [0.2, 0.25) is 31.7 Å². The molecule has 4 aromatic rings. The first kappa shape index (κ1) is 56.4. The SMILES string of the molecule is Cc1cc2c(cc1/N=C1/C(C(C)(C)C)=Nn3nc(C(C)CNS(C)(=O)=O)nc31)C(C)CC(C)(C)N2CCSCCN1c2cc(C)c(/N=C3/C(C(C)(C)C)=Nn4nc(C(C)CNS(C)(=O)=O)nc43)cc2C(C)CC1(C)C. The Morgan fingerprint density at radius 3 is 1.35 bits per heavy atom. The number of hydrogen-bond acceptors (Lipinski definition) is 15. The molecule has 408 valence electrons. The highest BCUT2D eigenvalue weighted by molar-refractivity contribution is 7.99. The zero-order valence-corrected chi connectivity index (χ0v) is 49.9. The Balaban J connectivity index is 0.994. The number of fused-ring (bicyclic) bond motifs is 4. The van der Waals surface area contributed by atoms with Crippen molar-refractivity contribution in [1.29, 1.82) is 0 Å². The topological polar surface area (TPSA) is 210 Å². The van der Waals surface area contributed by atoms with E-state index in [4.69, 9.17) is 30.2 Å². The fraction of sp³-hybridized carbons (Fsp3) is 0.630. The van der Waals surface area contributed by atoms with Gasteiger partial charge >= 0.3 is 0 Å². The van der Waals surface area contributed by atoms with Crippen LogP contribution in [0.5, 0.6) is 0 Å². The van der Waals surface area contributed by atoms with Crippen LogP contribution in [0, 0.1) is 24.7 Å². The van der Waals surface area contributed by atoms with E-state index in [9.17, 15) is 16.8 Å². The first-order valence-corrected chi connectivity index (χ1v) is 31.2. The van der Waals surface area contributed by atoms with Gasteiger partial charge in [0.15, 0.2) is 11.6 Å². The second-order valence-corrected chi connectivity index (χ2v) is 29.8. The van der Waals surface area contributed by atoms with Gasteiger partial charge < -0.3 is 9.80 Å². The quantitative estimate of drug-likeness (QED) is 0.101. The maximum atomic E-state index is 11.8. The van der Waals surface area contributed by atoms with Crippen molar-refractivity contribution in [3.05, 3.63) is 69.8 Å². The third kappa shape index (κ3) is 12.0. The van der Waals surface area contributed by atoms with E-state index in [1.165, 1.54) is 22.5 Å². The molecule has 0 bridgehead atoms. The van der Waals surface area contributed by atoms with E-state index in [1.807, 2.05) is 25.6 Å². The van der Waals surface area contributed by atoms with E-state index < -0.39 is 20.0 Å². The first-order valence-electron chi connectivity index (χ1n) is 26.2. The lowest BCUT2D eigenvalue weighted by molar-refractivity contribution is 0.381. The molecule has 4 aliphatic rings. The Kier molecular flexibility index (Phi) is 15.2. The van der Waals surface area contributed by atoms with Crippen LogP contribution in [0.1, 0.15) is 179 Å². The minimum absolute atomic E-state index is 0.0474. The van der Waals surface area contributed by atoms with Crippen LogP contribution in [-0.4, -0.2) is 131 Å². The predicted molar refractivity (Wildman–Crippen MR) is 308 cm³/mol. The average molecular weight is 1090 g/mol. The number of nitrogens with zero attached hydrogens (tertiary/aromatic N) is 12. The summed E-state index contributed by atoms with van der Waals surface area (Å²) < 4.78 is 52.5. The van der Waals surface area contributed by atoms with Crippen molar-refractivity contribution in [1.82, 2.24) is 39.2 Å². The summed E-state index contributed by atoms with van der Waals surface area (Å²) in [6, 6.07) is 9.17. The number of aliphatic imine (C=N–C) groups is 2. The van der Waals surface area contributed by atoms with E-state index in [1.54, 1.807) is 9.58 Å². The summed E-state index contributed by atoms with van der Waals surface area (Å²) in [5.41, 5.74) is 11.2. The van der Waals surface area contributed by atoms with E-state index >= 15 is 0 Å². The van der Waals surface area contributed by atoms with Gasteiger partial charge in [-0.3, -0.25) is 0 Å². The minimum atomic E-state index is -3.36. The number of aromatic nitrogens is 6. The summed E-state index contributed by atoms with van der Waals surface area (Å²) in [4.78, 5) is 28.8. The molecular weight excluding hydrogens is 1000 g/mol. The summed E-state index contributed by atoms with van der Waals surface area (Å²) in [5, 5.41) is 19.1. The summed E-state index contributed by atoms with van der Waals surface area (Å²) in [6.45, 7) is 37.1. The normalized spacial score (nSPS) is 21.3. The molecule has 0 saturated carbocycles. The van der Waals surface area contributed by atoms with Gasteiger partial charge in [-0.2, -0.15) is 22.0 Å². The summed E-state index contributed by atoms with van der Waals surface area (Å²) in [5.74, 6) is 4.23. The Labute approximate surface area is 450 Å². The highest BCUT2D eigenvalue weighted by Gasteiger charge is 2.41. The maximum Gasteiger partial charge on any atom is 0.208 e. The van der Waals surface area contributed by atoms with E-state index in [-0.39, 0.29) is 46.8 Å². The van der Waals surface area contributed by atoms with Crippen molar-refractivity contribution < 1.29 is 16.8 Å². The number of hydrogen-bond donors (Lipinski definition) is 2. The molecule has 18 nitrogen and oxygen atoms in total. The van der Waals surface area contributed by atoms with Gasteiger partial charge in [-0.05, 0) is 113 Å². The first-order chi connectivity index (χ1) is 34.6. The smallest absolute Gasteiger partial charge is 0.208 e. The molecule has 2 aromatic carbocycles. The lowest BCUT2D eigenvalue weighted by atomic mass is 9.79. The molecule has 6 heterocycles. The van der Waals surface area contributed by atoms with Crippen molar-refractivity contribution in [2.75, 3.05) is 60.0 Å². The lowest BCUT2D eigenvalue weighted by Crippen LogP contribution is -2.50. The van der Waals surface area contributed by atoms with Gasteiger partial charge in [-0.1, -0.05) is 69.2 Å². The molecule has 0 radical (unpaired) electrons. The van der Waals surface area contributed by atoms with E-state index in [0.29, 0.717) is 46.6 Å². The van der Waals surface area contributed by atoms with E-state index in [2.05, 4.69) is 151 Å². The molecule has 0 amide bonds. The number of thioether (sulfide) groups is 1. The van der Waals surface area contributed by atoms with Crippen LogP contribution >= 0.6 is 11.8 Å². The molecule has 75 heavy (non-hydrogen) atoms. The minimum Gasteiger partial charge on any atom is -0.365 e. The second kappa shape index (κ2) is 20.2. The van der Waals surface area contributed by atoms with Crippen LogP contribution in [0.2, 0.25) is 0 Å². The number of benzene rings is 2. The van der Waals surface area contributed by atoms with Crippen LogP contribution in [0.25, 0.3) is 0 Å². The third-order valence-electron chi connectivity index (χ3n) is 14.9. The average Bonchev–Trinajstić information content (AvgIpc) is 4.05. The van der Waals surface area contributed by atoms with E-state index in [0.717, 1.165) is 83.9 Å². The van der Waals surface area contributed by atoms with Crippen LogP contribution < -0.4 is 19.2 Å². The molecule has 4 atom stereocenters. The van der Waals surface area contributed by atoms with Gasteiger partial charge in [0, 0.05) is 82.8 Å². The number of aryl methyl sites for hydroxylation is 2. The van der Waals surface area contributed by atoms with Crippen LogP contribution in [0.15, 0.2) is 44.5 Å². The Morgan fingerprint density at radius 2 is 1.01 bits per heavy atom. The Morgan fingerprint density at radius 1 is 0.653 bits per heavy atom. The largest absolute Gasteiger partial charge is 0.365 e. The molecule has 0 fully saturated rings. The number of sulfonamides is 2. The molecular formula is C54H80N14O4S3. The molecule has 4 aliphatic heterocycles. The third-order valence-corrected chi connectivity index (χ3v) is 17.2. The standard InChI is InChI=1S/C54H80N14O4S3/c1-31-23-41-37(25-39(31)57-43-45(51(7,8)9)61-67-49(43)59-47(63-67)35(5)29-55-74(17,69)70)33(3)27-53(13,14)65(41)19-21-73-22-20-66-42-24-32(2)40(26-38(42)34(4)28-54(66,15)16)58-44-46(52(10,11)12)62-68-50(44)60-48(64-68)36(6)30-56-75(18,71)72/h23-26,33-36,55-56H,19-22,27-30H2,1-18H3/b57-43-,58-44-. The zero-order valence-electron chi connectivity index (χ0n) is 47.5. The summed E-state index contributed by atoms with van der Waals surface area (Å²) in [7, 11) is -6.73. The molecule has 21 heteroatoms. The molecule has 2 N–H and O–H groups in total.